The van der Waals surface area contributed by atoms with Crippen LogP contribution in [0.4, 0.5) is 4.79 Å². The zero-order chi connectivity index (χ0) is 21.3. The molecule has 6 nitrogen and oxygen atoms in total. The number of hydrogen-bond donors (Lipinski definition) is 1. The molecular formula is C24H24N4O2. The fraction of sp³-hybridized carbons (Fsp3) is 0.208. The highest BCUT2D eigenvalue weighted by Gasteiger charge is 2.35. The van der Waals surface area contributed by atoms with Gasteiger partial charge in [0.25, 0.3) is 5.89 Å². The van der Waals surface area contributed by atoms with E-state index in [1.54, 1.807) is 11.0 Å². The van der Waals surface area contributed by atoms with Gasteiger partial charge in [-0.05, 0) is 32.4 Å². The lowest BCUT2D eigenvalue weighted by molar-refractivity contribution is 0.209. The van der Waals surface area contributed by atoms with E-state index in [9.17, 15) is 4.79 Å². The van der Waals surface area contributed by atoms with Crippen LogP contribution in [0.3, 0.4) is 0 Å². The average molecular weight is 400 g/mol. The Kier molecular flexibility index (Phi) is 5.23. The molecule has 2 aromatic carbocycles. The third-order valence-electron chi connectivity index (χ3n) is 5.25. The van der Waals surface area contributed by atoms with E-state index >= 15 is 0 Å². The van der Waals surface area contributed by atoms with E-state index in [2.05, 4.69) is 22.0 Å². The predicted molar refractivity (Wildman–Crippen MR) is 116 cm³/mol. The largest absolute Gasteiger partial charge is 0.334 e. The van der Waals surface area contributed by atoms with E-state index in [0.717, 1.165) is 33.5 Å². The molecule has 4 rings (SSSR count). The van der Waals surface area contributed by atoms with Crippen molar-refractivity contribution in [2.75, 3.05) is 6.54 Å². The first-order valence-electron chi connectivity index (χ1n) is 9.85. The van der Waals surface area contributed by atoms with Crippen molar-refractivity contribution in [3.05, 3.63) is 89.5 Å². The summed E-state index contributed by atoms with van der Waals surface area (Å²) < 4.78 is 5.68. The molecule has 1 unspecified atom stereocenters. The van der Waals surface area contributed by atoms with Crippen LogP contribution in [-0.4, -0.2) is 27.6 Å². The van der Waals surface area contributed by atoms with E-state index < -0.39 is 0 Å². The van der Waals surface area contributed by atoms with Gasteiger partial charge in [0.05, 0.1) is 11.6 Å². The molecule has 152 valence electrons. The molecule has 6 heteroatoms. The molecule has 1 aliphatic rings. The van der Waals surface area contributed by atoms with Crippen molar-refractivity contribution in [3.8, 4) is 11.4 Å². The molecule has 0 saturated heterocycles. The summed E-state index contributed by atoms with van der Waals surface area (Å²) in [4.78, 5) is 19.1. The van der Waals surface area contributed by atoms with E-state index in [4.69, 9.17) is 4.52 Å². The normalized spacial score (nSPS) is 16.6. The molecule has 1 aliphatic heterocycles. The SMILES string of the molecule is C=CCN1C(=O)NC(c2ccc(C)cc2)C(c2nc(-c3cccc(C)c3)no2)=C1C. The first-order valence-corrected chi connectivity index (χ1v) is 9.85. The van der Waals surface area contributed by atoms with E-state index in [0.29, 0.717) is 18.3 Å². The van der Waals surface area contributed by atoms with Gasteiger partial charge < -0.3 is 9.84 Å². The standard InChI is InChI=1S/C24H24N4O2/c1-5-13-28-17(4)20(21(25-24(28)29)18-11-9-15(2)10-12-18)23-26-22(27-30-23)19-8-6-7-16(3)14-19/h5-12,14,21H,1,13H2,2-4H3,(H,25,29). The van der Waals surface area contributed by atoms with Crippen molar-refractivity contribution in [2.24, 2.45) is 0 Å². The summed E-state index contributed by atoms with van der Waals surface area (Å²) in [5.74, 6) is 0.910. The van der Waals surface area contributed by atoms with Crippen LogP contribution in [-0.2, 0) is 0 Å². The number of nitrogens with one attached hydrogen (secondary N) is 1. The second kappa shape index (κ2) is 7.99. The van der Waals surface area contributed by atoms with Crippen LogP contribution in [0.1, 0.15) is 35.5 Å². The van der Waals surface area contributed by atoms with Crippen LogP contribution in [0.15, 0.2) is 71.4 Å². The molecular weight excluding hydrogens is 376 g/mol. The van der Waals surface area contributed by atoms with Gasteiger partial charge >= 0.3 is 6.03 Å². The number of aromatic nitrogens is 2. The van der Waals surface area contributed by atoms with Gasteiger partial charge in [-0.3, -0.25) is 4.90 Å². The number of rotatable bonds is 5. The maximum atomic E-state index is 12.8. The smallest absolute Gasteiger partial charge is 0.322 e. The lowest BCUT2D eigenvalue weighted by Gasteiger charge is -2.34. The fourth-order valence-electron chi connectivity index (χ4n) is 3.65. The van der Waals surface area contributed by atoms with Gasteiger partial charge in [-0.1, -0.05) is 64.8 Å². The first-order chi connectivity index (χ1) is 14.5. The zero-order valence-electron chi connectivity index (χ0n) is 17.3. The molecule has 1 N–H and O–H groups in total. The fourth-order valence-corrected chi connectivity index (χ4v) is 3.65. The Morgan fingerprint density at radius 2 is 1.90 bits per heavy atom. The minimum Gasteiger partial charge on any atom is -0.334 e. The van der Waals surface area contributed by atoms with Crippen LogP contribution in [0.5, 0.6) is 0 Å². The van der Waals surface area contributed by atoms with Crippen molar-refractivity contribution in [1.29, 1.82) is 0 Å². The highest BCUT2D eigenvalue weighted by Crippen LogP contribution is 2.37. The molecule has 30 heavy (non-hydrogen) atoms. The Balaban J connectivity index is 1.82. The number of nitrogens with zero attached hydrogens (tertiary/aromatic N) is 3. The summed E-state index contributed by atoms with van der Waals surface area (Å²) in [6, 6.07) is 15.5. The Bertz CT molecular complexity index is 1130. The minimum absolute atomic E-state index is 0.180. The number of benzene rings is 2. The van der Waals surface area contributed by atoms with Crippen LogP contribution in [0.2, 0.25) is 0 Å². The van der Waals surface area contributed by atoms with Crippen molar-refractivity contribution < 1.29 is 9.32 Å². The van der Waals surface area contributed by atoms with Crippen LogP contribution in [0, 0.1) is 13.8 Å². The number of urea groups is 1. The highest BCUT2D eigenvalue weighted by molar-refractivity contribution is 5.87. The predicted octanol–water partition coefficient (Wildman–Crippen LogP) is 5.04. The summed E-state index contributed by atoms with van der Waals surface area (Å²) in [5.41, 5.74) is 5.66. The Morgan fingerprint density at radius 1 is 1.13 bits per heavy atom. The summed E-state index contributed by atoms with van der Waals surface area (Å²) in [7, 11) is 0. The van der Waals surface area contributed by atoms with Crippen LogP contribution >= 0.6 is 0 Å². The van der Waals surface area contributed by atoms with Gasteiger partial charge in [0.15, 0.2) is 0 Å². The second-order valence-electron chi connectivity index (χ2n) is 7.48. The molecule has 0 bridgehead atoms. The van der Waals surface area contributed by atoms with Crippen molar-refractivity contribution >= 4 is 11.6 Å². The van der Waals surface area contributed by atoms with E-state index in [-0.39, 0.29) is 12.1 Å². The monoisotopic (exact) mass is 400 g/mol. The van der Waals surface area contributed by atoms with Crippen LogP contribution in [0.25, 0.3) is 17.0 Å². The number of amides is 2. The highest BCUT2D eigenvalue weighted by atomic mass is 16.5. The molecule has 2 amide bonds. The maximum absolute atomic E-state index is 12.8. The topological polar surface area (TPSA) is 71.3 Å². The minimum atomic E-state index is -0.384. The third kappa shape index (κ3) is 3.64. The van der Waals surface area contributed by atoms with Gasteiger partial charge in [-0.2, -0.15) is 4.98 Å². The van der Waals surface area contributed by atoms with Crippen molar-refractivity contribution in [2.45, 2.75) is 26.8 Å². The second-order valence-corrected chi connectivity index (χ2v) is 7.48. The zero-order valence-corrected chi connectivity index (χ0v) is 17.3. The lowest BCUT2D eigenvalue weighted by Crippen LogP contribution is -2.46. The summed E-state index contributed by atoms with van der Waals surface area (Å²) >= 11 is 0. The number of carbonyl (C=O) groups is 1. The quantitative estimate of drug-likeness (QED) is 0.609. The summed E-state index contributed by atoms with van der Waals surface area (Å²) in [5, 5.41) is 7.28. The number of carbonyl (C=O) groups excluding carboxylic acids is 1. The molecule has 0 aliphatic carbocycles. The first kappa shape index (κ1) is 19.6. The third-order valence-corrected chi connectivity index (χ3v) is 5.25. The number of allylic oxidation sites excluding steroid dienone is 1. The van der Waals surface area contributed by atoms with Gasteiger partial charge in [0.2, 0.25) is 5.82 Å². The average Bonchev–Trinajstić information content (AvgIpc) is 3.21. The van der Waals surface area contributed by atoms with Gasteiger partial charge in [0.1, 0.15) is 0 Å². The molecule has 0 spiro atoms. The molecule has 0 radical (unpaired) electrons. The van der Waals surface area contributed by atoms with Crippen molar-refractivity contribution in [1.82, 2.24) is 20.4 Å². The van der Waals surface area contributed by atoms with E-state index in [1.807, 2.05) is 69.3 Å². The Labute approximate surface area is 175 Å². The maximum Gasteiger partial charge on any atom is 0.322 e. The Hall–Kier alpha value is -3.67. The van der Waals surface area contributed by atoms with Gasteiger partial charge in [0, 0.05) is 17.8 Å². The lowest BCUT2D eigenvalue weighted by atomic mass is 9.94. The molecule has 0 saturated carbocycles. The van der Waals surface area contributed by atoms with Gasteiger partial charge in [-0.25, -0.2) is 4.79 Å². The number of hydrogen-bond acceptors (Lipinski definition) is 4. The summed E-state index contributed by atoms with van der Waals surface area (Å²) in [6.45, 7) is 10.1. The molecule has 3 aromatic rings. The molecule has 0 fully saturated rings. The molecule has 2 heterocycles. The molecule has 1 aromatic heterocycles. The molecule has 1 atom stereocenters. The van der Waals surface area contributed by atoms with Crippen LogP contribution < -0.4 is 5.32 Å². The Morgan fingerprint density at radius 3 is 2.60 bits per heavy atom. The number of aryl methyl sites for hydroxylation is 2. The van der Waals surface area contributed by atoms with Gasteiger partial charge in [-0.15, -0.1) is 6.58 Å². The van der Waals surface area contributed by atoms with E-state index in [1.165, 1.54) is 0 Å². The van der Waals surface area contributed by atoms with Crippen molar-refractivity contribution in [3.63, 3.8) is 0 Å². The summed E-state index contributed by atoms with van der Waals surface area (Å²) in [6.07, 6.45) is 1.69.